The molecule has 7 nitrogen and oxygen atoms in total. The Morgan fingerprint density at radius 3 is 2.86 bits per heavy atom. The van der Waals surface area contributed by atoms with E-state index in [-0.39, 0.29) is 0 Å². The standard InChI is InChI=1S/C21H16N4O3/c1-13-20(25-9-8-22-19(25)12-24-13)15-4-3-14(11-18(15)26-2)28-21-16-6-10-27-17(16)5-7-23-21/h3-12H,1-2H3. The fourth-order valence-corrected chi connectivity index (χ4v) is 3.31. The monoisotopic (exact) mass is 372 g/mol. The molecular weight excluding hydrogens is 356 g/mol. The van der Waals surface area contributed by atoms with Gasteiger partial charge in [0.15, 0.2) is 5.65 Å². The highest BCUT2D eigenvalue weighted by atomic mass is 16.5. The first-order valence-corrected chi connectivity index (χ1v) is 8.72. The first kappa shape index (κ1) is 16.3. The summed E-state index contributed by atoms with van der Waals surface area (Å²) in [6, 6.07) is 9.30. The van der Waals surface area contributed by atoms with Crippen LogP contribution in [0.5, 0.6) is 17.4 Å². The Labute approximate surface area is 160 Å². The number of furan rings is 1. The summed E-state index contributed by atoms with van der Waals surface area (Å²) in [5.41, 5.74) is 4.20. The molecule has 0 saturated carbocycles. The molecule has 0 aliphatic rings. The Morgan fingerprint density at radius 2 is 1.96 bits per heavy atom. The third-order valence-electron chi connectivity index (χ3n) is 4.61. The Balaban J connectivity index is 1.60. The van der Waals surface area contributed by atoms with Crippen molar-refractivity contribution >= 4 is 16.6 Å². The molecule has 0 spiro atoms. The molecule has 0 amide bonds. The molecule has 0 radical (unpaired) electrons. The molecule has 28 heavy (non-hydrogen) atoms. The van der Waals surface area contributed by atoms with Crippen molar-refractivity contribution < 1.29 is 13.9 Å². The van der Waals surface area contributed by atoms with E-state index in [0.29, 0.717) is 17.4 Å². The molecule has 4 heterocycles. The van der Waals surface area contributed by atoms with Crippen molar-refractivity contribution in [2.45, 2.75) is 6.92 Å². The van der Waals surface area contributed by atoms with Crippen LogP contribution in [0.25, 0.3) is 27.9 Å². The molecule has 5 aromatic rings. The summed E-state index contributed by atoms with van der Waals surface area (Å²) in [7, 11) is 1.63. The molecule has 0 unspecified atom stereocenters. The summed E-state index contributed by atoms with van der Waals surface area (Å²) in [5.74, 6) is 1.77. The molecule has 0 atom stereocenters. The maximum atomic E-state index is 6.00. The van der Waals surface area contributed by atoms with Crippen LogP contribution in [0, 0.1) is 6.92 Å². The lowest BCUT2D eigenvalue weighted by Crippen LogP contribution is -2.00. The second-order valence-corrected chi connectivity index (χ2v) is 6.26. The van der Waals surface area contributed by atoms with E-state index in [9.17, 15) is 0 Å². The molecule has 0 bridgehead atoms. The van der Waals surface area contributed by atoms with Crippen LogP contribution in [0.2, 0.25) is 0 Å². The first-order valence-electron chi connectivity index (χ1n) is 8.72. The number of rotatable bonds is 4. The Hall–Kier alpha value is -3.87. The molecule has 7 heteroatoms. The van der Waals surface area contributed by atoms with E-state index in [1.165, 1.54) is 0 Å². The zero-order valence-electron chi connectivity index (χ0n) is 15.3. The molecule has 1 aromatic carbocycles. The van der Waals surface area contributed by atoms with Crippen molar-refractivity contribution in [1.82, 2.24) is 19.4 Å². The van der Waals surface area contributed by atoms with Gasteiger partial charge >= 0.3 is 0 Å². The number of aryl methyl sites for hydroxylation is 1. The summed E-state index contributed by atoms with van der Waals surface area (Å²) in [6.45, 7) is 1.96. The quantitative estimate of drug-likeness (QED) is 0.457. The number of hydrogen-bond donors (Lipinski definition) is 0. The lowest BCUT2D eigenvalue weighted by Gasteiger charge is -2.14. The highest BCUT2D eigenvalue weighted by Crippen LogP contribution is 2.37. The molecule has 0 N–H and O–H groups in total. The molecular formula is C21H16N4O3. The number of ether oxygens (including phenoxy) is 2. The molecule has 0 saturated heterocycles. The summed E-state index contributed by atoms with van der Waals surface area (Å²) in [5, 5.41) is 0.814. The van der Waals surface area contributed by atoms with Gasteiger partial charge in [-0.1, -0.05) is 0 Å². The Morgan fingerprint density at radius 1 is 1.04 bits per heavy atom. The third kappa shape index (κ3) is 2.56. The van der Waals surface area contributed by atoms with Gasteiger partial charge in [0.25, 0.3) is 0 Å². The Kier molecular flexibility index (Phi) is 3.72. The minimum Gasteiger partial charge on any atom is -0.496 e. The maximum Gasteiger partial charge on any atom is 0.230 e. The van der Waals surface area contributed by atoms with Gasteiger partial charge in [-0.15, -0.1) is 0 Å². The van der Waals surface area contributed by atoms with Crippen LogP contribution in [-0.2, 0) is 0 Å². The average molecular weight is 372 g/mol. The van der Waals surface area contributed by atoms with Crippen molar-refractivity contribution in [1.29, 1.82) is 0 Å². The highest BCUT2D eigenvalue weighted by molar-refractivity contribution is 5.82. The largest absolute Gasteiger partial charge is 0.496 e. The normalized spacial score (nSPS) is 11.2. The van der Waals surface area contributed by atoms with Gasteiger partial charge in [0, 0.05) is 30.2 Å². The number of pyridine rings is 1. The average Bonchev–Trinajstić information content (AvgIpc) is 3.38. The fraction of sp³-hybridized carbons (Fsp3) is 0.0952. The van der Waals surface area contributed by atoms with Crippen LogP contribution in [0.4, 0.5) is 0 Å². The summed E-state index contributed by atoms with van der Waals surface area (Å²) < 4.78 is 19.0. The Bertz CT molecular complexity index is 1310. The molecule has 0 aliphatic carbocycles. The zero-order chi connectivity index (χ0) is 19.1. The molecule has 0 aliphatic heterocycles. The minimum absolute atomic E-state index is 0.482. The van der Waals surface area contributed by atoms with E-state index >= 15 is 0 Å². The zero-order valence-corrected chi connectivity index (χ0v) is 15.3. The van der Waals surface area contributed by atoms with Gasteiger partial charge < -0.3 is 13.9 Å². The van der Waals surface area contributed by atoms with E-state index < -0.39 is 0 Å². The van der Waals surface area contributed by atoms with Gasteiger partial charge in [-0.05, 0) is 31.2 Å². The van der Waals surface area contributed by atoms with Crippen LogP contribution in [0.1, 0.15) is 5.69 Å². The van der Waals surface area contributed by atoms with Crippen molar-refractivity contribution in [3.05, 3.63) is 67.1 Å². The topological polar surface area (TPSA) is 74.7 Å². The lowest BCUT2D eigenvalue weighted by molar-refractivity contribution is 0.409. The summed E-state index contributed by atoms with van der Waals surface area (Å²) in [4.78, 5) is 13.1. The van der Waals surface area contributed by atoms with Crippen molar-refractivity contribution in [2.75, 3.05) is 7.11 Å². The molecule has 5 rings (SSSR count). The van der Waals surface area contributed by atoms with E-state index in [1.807, 2.05) is 41.8 Å². The van der Waals surface area contributed by atoms with Gasteiger partial charge in [0.05, 0.1) is 36.3 Å². The van der Waals surface area contributed by atoms with Gasteiger partial charge in [-0.2, -0.15) is 0 Å². The van der Waals surface area contributed by atoms with E-state index in [2.05, 4.69) is 15.0 Å². The van der Waals surface area contributed by atoms with Crippen LogP contribution < -0.4 is 9.47 Å². The fourth-order valence-electron chi connectivity index (χ4n) is 3.31. The van der Waals surface area contributed by atoms with Gasteiger partial charge in [0.2, 0.25) is 5.88 Å². The minimum atomic E-state index is 0.482. The van der Waals surface area contributed by atoms with Crippen molar-refractivity contribution in [3.63, 3.8) is 0 Å². The number of imidazole rings is 1. The highest BCUT2D eigenvalue weighted by Gasteiger charge is 2.16. The van der Waals surface area contributed by atoms with E-state index in [4.69, 9.17) is 13.9 Å². The molecule has 138 valence electrons. The van der Waals surface area contributed by atoms with Gasteiger partial charge in [0.1, 0.15) is 17.1 Å². The summed E-state index contributed by atoms with van der Waals surface area (Å²) >= 11 is 0. The van der Waals surface area contributed by atoms with Crippen LogP contribution in [0.15, 0.2) is 65.8 Å². The predicted molar refractivity (Wildman–Crippen MR) is 104 cm³/mol. The number of nitrogens with zero attached hydrogens (tertiary/aromatic N) is 4. The van der Waals surface area contributed by atoms with Crippen LogP contribution in [0.3, 0.4) is 0 Å². The predicted octanol–water partition coefficient (Wildman–Crippen LogP) is 4.65. The van der Waals surface area contributed by atoms with Crippen molar-refractivity contribution in [3.8, 4) is 28.6 Å². The van der Waals surface area contributed by atoms with Gasteiger partial charge in [-0.3, -0.25) is 9.38 Å². The van der Waals surface area contributed by atoms with Crippen LogP contribution in [-0.4, -0.2) is 26.5 Å². The second-order valence-electron chi connectivity index (χ2n) is 6.26. The SMILES string of the molecule is COc1cc(Oc2nccc3occc23)ccc1-c1c(C)ncc2nccn12. The van der Waals surface area contributed by atoms with E-state index in [1.54, 1.807) is 38.0 Å². The van der Waals surface area contributed by atoms with Gasteiger partial charge in [-0.25, -0.2) is 9.97 Å². The second kappa shape index (κ2) is 6.38. The first-order chi connectivity index (χ1) is 13.7. The molecule has 0 fully saturated rings. The summed E-state index contributed by atoms with van der Waals surface area (Å²) in [6.07, 6.45) is 8.68. The van der Waals surface area contributed by atoms with E-state index in [0.717, 1.165) is 33.6 Å². The number of fused-ring (bicyclic) bond motifs is 2. The number of benzene rings is 1. The lowest BCUT2D eigenvalue weighted by atomic mass is 10.1. The number of aromatic nitrogens is 4. The third-order valence-corrected chi connectivity index (χ3v) is 4.61. The molecule has 4 aromatic heterocycles. The van der Waals surface area contributed by atoms with Crippen molar-refractivity contribution in [2.24, 2.45) is 0 Å². The maximum absolute atomic E-state index is 6.00. The number of hydrogen-bond acceptors (Lipinski definition) is 6. The van der Waals surface area contributed by atoms with Crippen LogP contribution >= 0.6 is 0 Å². The smallest absolute Gasteiger partial charge is 0.230 e. The number of methoxy groups -OCH3 is 1.